The molecule has 17 heavy (non-hydrogen) atoms. The van der Waals surface area contributed by atoms with Crippen LogP contribution in [0.4, 0.5) is 10.1 Å². The number of halogens is 1. The van der Waals surface area contributed by atoms with Gasteiger partial charge < -0.3 is 10.4 Å². The molecule has 0 unspecified atom stereocenters. The molecule has 0 bridgehead atoms. The first-order chi connectivity index (χ1) is 7.91. The Kier molecular flexibility index (Phi) is 3.98. The van der Waals surface area contributed by atoms with Gasteiger partial charge in [0.05, 0.1) is 0 Å². The minimum Gasteiger partial charge on any atom is -0.478 e. The van der Waals surface area contributed by atoms with Gasteiger partial charge in [-0.15, -0.1) is 0 Å². The Morgan fingerprint density at radius 1 is 1.24 bits per heavy atom. The smallest absolute Gasteiger partial charge is 0.331 e. The summed E-state index contributed by atoms with van der Waals surface area (Å²) in [7, 11) is 0. The fourth-order valence-electron chi connectivity index (χ4n) is 1.12. The van der Waals surface area contributed by atoms with Crippen molar-refractivity contribution in [2.24, 2.45) is 0 Å². The highest BCUT2D eigenvalue weighted by molar-refractivity contribution is 6.08. The molecule has 1 amide bonds. The molecule has 0 saturated carbocycles. The average Bonchev–Trinajstić information content (AvgIpc) is 2.26. The maximum absolute atomic E-state index is 12.8. The van der Waals surface area contributed by atoms with Crippen LogP contribution in [0, 0.1) is 5.82 Å². The molecule has 0 aromatic heterocycles. The minimum atomic E-state index is -1.16. The molecule has 0 spiro atoms. The van der Waals surface area contributed by atoms with Crippen molar-refractivity contribution >= 4 is 17.6 Å². The second-order valence-electron chi connectivity index (χ2n) is 3.52. The Labute approximate surface area is 97.8 Å². The summed E-state index contributed by atoms with van der Waals surface area (Å²) in [4.78, 5) is 22.3. The van der Waals surface area contributed by atoms with Crippen LogP contribution in [0.5, 0.6) is 0 Å². The minimum absolute atomic E-state index is 0.0427. The Balaban J connectivity index is 2.87. The summed E-state index contributed by atoms with van der Waals surface area (Å²) in [6, 6.07) is 5.38. The number of aliphatic carboxylic acids is 1. The zero-order valence-corrected chi connectivity index (χ0v) is 9.45. The SMILES string of the molecule is CC(C(=O)O)=C(C)C(=O)Nc1cccc(F)c1. The van der Waals surface area contributed by atoms with Gasteiger partial charge >= 0.3 is 5.97 Å². The molecular formula is C12H12FNO3. The van der Waals surface area contributed by atoms with Gasteiger partial charge in [0.25, 0.3) is 5.91 Å². The van der Waals surface area contributed by atoms with Crippen LogP contribution in [0.25, 0.3) is 0 Å². The number of hydrogen-bond donors (Lipinski definition) is 2. The van der Waals surface area contributed by atoms with Gasteiger partial charge in [0, 0.05) is 16.8 Å². The van der Waals surface area contributed by atoms with Crippen LogP contribution >= 0.6 is 0 Å². The van der Waals surface area contributed by atoms with E-state index in [1.165, 1.54) is 32.0 Å². The number of anilines is 1. The topological polar surface area (TPSA) is 66.4 Å². The van der Waals surface area contributed by atoms with Crippen LogP contribution in [-0.2, 0) is 9.59 Å². The van der Waals surface area contributed by atoms with Gasteiger partial charge in [-0.3, -0.25) is 4.79 Å². The van der Waals surface area contributed by atoms with E-state index in [-0.39, 0.29) is 16.8 Å². The number of carboxylic acids is 1. The second kappa shape index (κ2) is 5.25. The van der Waals surface area contributed by atoms with Crippen LogP contribution in [0.15, 0.2) is 35.4 Å². The molecule has 4 nitrogen and oxygen atoms in total. The Morgan fingerprint density at radius 2 is 1.88 bits per heavy atom. The normalized spacial score (nSPS) is 11.7. The summed E-state index contributed by atoms with van der Waals surface area (Å²) in [5.41, 5.74) is 0.327. The monoisotopic (exact) mass is 237 g/mol. The van der Waals surface area contributed by atoms with E-state index in [1.54, 1.807) is 0 Å². The summed E-state index contributed by atoms with van der Waals surface area (Å²) in [5.74, 6) is -2.19. The molecule has 0 fully saturated rings. The van der Waals surface area contributed by atoms with Gasteiger partial charge in [-0.1, -0.05) is 6.07 Å². The predicted molar refractivity (Wildman–Crippen MR) is 61.0 cm³/mol. The van der Waals surface area contributed by atoms with Crippen molar-refractivity contribution in [3.63, 3.8) is 0 Å². The van der Waals surface area contributed by atoms with Gasteiger partial charge in [-0.2, -0.15) is 0 Å². The van der Waals surface area contributed by atoms with E-state index in [1.807, 2.05) is 0 Å². The molecule has 2 N–H and O–H groups in total. The number of hydrogen-bond acceptors (Lipinski definition) is 2. The summed E-state index contributed by atoms with van der Waals surface area (Å²) in [6.07, 6.45) is 0. The zero-order valence-electron chi connectivity index (χ0n) is 9.45. The molecule has 0 aliphatic rings. The molecule has 1 aromatic carbocycles. The lowest BCUT2D eigenvalue weighted by atomic mass is 10.1. The molecule has 0 heterocycles. The summed E-state index contributed by atoms with van der Waals surface area (Å²) in [6.45, 7) is 2.74. The lowest BCUT2D eigenvalue weighted by Gasteiger charge is -2.06. The van der Waals surface area contributed by atoms with E-state index >= 15 is 0 Å². The first-order valence-electron chi connectivity index (χ1n) is 4.89. The van der Waals surface area contributed by atoms with Gasteiger partial charge in [-0.25, -0.2) is 9.18 Å². The van der Waals surface area contributed by atoms with Crippen molar-refractivity contribution in [3.05, 3.63) is 41.2 Å². The first-order valence-corrected chi connectivity index (χ1v) is 4.89. The van der Waals surface area contributed by atoms with Crippen molar-refractivity contribution < 1.29 is 19.1 Å². The third kappa shape index (κ3) is 3.41. The average molecular weight is 237 g/mol. The molecule has 0 radical (unpaired) electrons. The number of amides is 1. The highest BCUT2D eigenvalue weighted by atomic mass is 19.1. The molecule has 1 aromatic rings. The van der Waals surface area contributed by atoms with Gasteiger partial charge in [-0.05, 0) is 32.0 Å². The number of carbonyl (C=O) groups excluding carboxylic acids is 1. The lowest BCUT2D eigenvalue weighted by molar-refractivity contribution is -0.133. The second-order valence-corrected chi connectivity index (χ2v) is 3.52. The quantitative estimate of drug-likeness (QED) is 0.792. The van der Waals surface area contributed by atoms with E-state index in [9.17, 15) is 14.0 Å². The standard InChI is InChI=1S/C12H12FNO3/c1-7(8(2)12(16)17)11(15)14-10-5-3-4-9(13)6-10/h3-6H,1-2H3,(H,14,15)(H,16,17). The van der Waals surface area contributed by atoms with E-state index in [2.05, 4.69) is 5.32 Å². The first kappa shape index (κ1) is 12.9. The van der Waals surface area contributed by atoms with Gasteiger partial charge in [0.15, 0.2) is 0 Å². The van der Waals surface area contributed by atoms with Crippen molar-refractivity contribution in [2.45, 2.75) is 13.8 Å². The maximum atomic E-state index is 12.8. The van der Waals surface area contributed by atoms with Gasteiger partial charge in [0.2, 0.25) is 0 Å². The van der Waals surface area contributed by atoms with E-state index in [0.717, 1.165) is 6.07 Å². The molecule has 90 valence electrons. The fourth-order valence-corrected chi connectivity index (χ4v) is 1.12. The van der Waals surface area contributed by atoms with Gasteiger partial charge in [0.1, 0.15) is 5.82 Å². The highest BCUT2D eigenvalue weighted by Crippen LogP contribution is 2.12. The Morgan fingerprint density at radius 3 is 2.41 bits per heavy atom. The molecule has 0 aliphatic heterocycles. The van der Waals surface area contributed by atoms with Crippen LogP contribution in [-0.4, -0.2) is 17.0 Å². The zero-order chi connectivity index (χ0) is 13.0. The largest absolute Gasteiger partial charge is 0.478 e. The number of carbonyl (C=O) groups is 2. The molecule has 0 aliphatic carbocycles. The lowest BCUT2D eigenvalue weighted by Crippen LogP contribution is -2.16. The maximum Gasteiger partial charge on any atom is 0.331 e. The summed E-state index contributed by atoms with van der Waals surface area (Å²) < 4.78 is 12.8. The molecule has 5 heteroatoms. The highest BCUT2D eigenvalue weighted by Gasteiger charge is 2.12. The number of nitrogens with one attached hydrogen (secondary N) is 1. The van der Waals surface area contributed by atoms with Crippen molar-refractivity contribution in [2.75, 3.05) is 5.32 Å². The van der Waals surface area contributed by atoms with E-state index in [0.29, 0.717) is 0 Å². The van der Waals surface area contributed by atoms with Crippen molar-refractivity contribution in [1.82, 2.24) is 0 Å². The Bertz CT molecular complexity index is 494. The van der Waals surface area contributed by atoms with E-state index < -0.39 is 17.7 Å². The third-order valence-corrected chi connectivity index (χ3v) is 2.31. The van der Waals surface area contributed by atoms with Crippen LogP contribution in [0.1, 0.15) is 13.8 Å². The van der Waals surface area contributed by atoms with E-state index in [4.69, 9.17) is 5.11 Å². The molecule has 1 rings (SSSR count). The number of rotatable bonds is 3. The Hall–Kier alpha value is -2.17. The fraction of sp³-hybridized carbons (Fsp3) is 0.167. The molecule has 0 saturated heterocycles. The summed E-state index contributed by atoms with van der Waals surface area (Å²) >= 11 is 0. The van der Waals surface area contributed by atoms with Crippen molar-refractivity contribution in [3.8, 4) is 0 Å². The van der Waals surface area contributed by atoms with Crippen LogP contribution in [0.3, 0.4) is 0 Å². The van der Waals surface area contributed by atoms with Crippen LogP contribution in [0.2, 0.25) is 0 Å². The number of carboxylic acid groups (broad SMARTS) is 1. The number of benzene rings is 1. The van der Waals surface area contributed by atoms with Crippen molar-refractivity contribution in [1.29, 1.82) is 0 Å². The molecule has 0 atom stereocenters. The third-order valence-electron chi connectivity index (χ3n) is 2.31. The summed E-state index contributed by atoms with van der Waals surface area (Å²) in [5, 5.41) is 11.1. The molecular weight excluding hydrogens is 225 g/mol. The predicted octanol–water partition coefficient (Wildman–Crippen LogP) is 2.19. The van der Waals surface area contributed by atoms with Crippen LogP contribution < -0.4 is 5.32 Å².